The van der Waals surface area contributed by atoms with E-state index in [1.807, 2.05) is 6.92 Å². The topological polar surface area (TPSA) is 9.23 Å². The van der Waals surface area contributed by atoms with Crippen LogP contribution < -0.4 is 4.74 Å². The molecule has 0 radical (unpaired) electrons. The number of hydrogen-bond acceptors (Lipinski definition) is 1. The van der Waals surface area contributed by atoms with Crippen LogP contribution >= 0.6 is 0 Å². The Morgan fingerprint density at radius 2 is 1.71 bits per heavy atom. The van der Waals surface area contributed by atoms with E-state index in [9.17, 15) is 22.0 Å². The molecule has 0 N–H and O–H groups in total. The van der Waals surface area contributed by atoms with Crippen molar-refractivity contribution in [2.75, 3.05) is 0 Å². The number of rotatable bonds is 6. The van der Waals surface area contributed by atoms with Gasteiger partial charge in [-0.2, -0.15) is 0 Å². The van der Waals surface area contributed by atoms with Gasteiger partial charge in [0.25, 0.3) is 0 Å². The molecule has 2 aromatic carbocycles. The zero-order valence-electron chi connectivity index (χ0n) is 15.7. The quantitative estimate of drug-likeness (QED) is 0.501. The third-order valence-electron chi connectivity index (χ3n) is 5.28. The smallest absolute Gasteiger partial charge is 0.406 e. The number of benzene rings is 2. The Morgan fingerprint density at radius 1 is 1.00 bits per heavy atom. The fourth-order valence-electron chi connectivity index (χ4n) is 3.93. The third kappa shape index (κ3) is 5.24. The largest absolute Gasteiger partial charge is 0.573 e. The summed E-state index contributed by atoms with van der Waals surface area (Å²) in [6.07, 6.45) is -0.163. The minimum Gasteiger partial charge on any atom is -0.406 e. The normalized spacial score (nSPS) is 16.7. The molecule has 1 unspecified atom stereocenters. The number of ether oxygens (including phenoxy) is 1. The Bertz CT molecular complexity index is 805. The summed E-state index contributed by atoms with van der Waals surface area (Å²) in [5, 5.41) is 0. The molecule has 28 heavy (non-hydrogen) atoms. The summed E-state index contributed by atoms with van der Waals surface area (Å²) in [5.41, 5.74) is 2.62. The van der Waals surface area contributed by atoms with Crippen molar-refractivity contribution in [1.29, 1.82) is 0 Å². The SMILES string of the molecule is CCCc1cc(F)c(CCC2CCc3cc(OC(F)(F)F)ccc3C2)c(F)c1. The summed E-state index contributed by atoms with van der Waals surface area (Å²) in [6.45, 7) is 1.96. The molecule has 0 saturated heterocycles. The first-order chi connectivity index (χ1) is 13.2. The minimum absolute atomic E-state index is 0.125. The standard InChI is InChI=1S/C22H23F5O/c1-2-3-15-11-20(23)19(21(24)12-15)9-5-14-4-6-17-13-18(28-22(25,26)27)8-7-16(17)10-14/h7-8,11-14H,2-6,9-10H2,1H3. The summed E-state index contributed by atoms with van der Waals surface area (Å²) in [7, 11) is 0. The van der Waals surface area contributed by atoms with Crippen molar-refractivity contribution in [2.45, 2.75) is 58.2 Å². The lowest BCUT2D eigenvalue weighted by molar-refractivity contribution is -0.274. The van der Waals surface area contributed by atoms with Crippen molar-refractivity contribution >= 4 is 0 Å². The van der Waals surface area contributed by atoms with Gasteiger partial charge in [0.1, 0.15) is 17.4 Å². The van der Waals surface area contributed by atoms with Crippen LogP contribution in [0.5, 0.6) is 5.75 Å². The van der Waals surface area contributed by atoms with Crippen LogP contribution in [0.25, 0.3) is 0 Å². The molecule has 1 aliphatic carbocycles. The van der Waals surface area contributed by atoms with Gasteiger partial charge in [-0.3, -0.25) is 0 Å². The van der Waals surface area contributed by atoms with Crippen LogP contribution in [-0.2, 0) is 25.7 Å². The summed E-state index contributed by atoms with van der Waals surface area (Å²) < 4.78 is 69.5. The number of fused-ring (bicyclic) bond motifs is 1. The molecular weight excluding hydrogens is 375 g/mol. The Hall–Kier alpha value is -2.11. The van der Waals surface area contributed by atoms with Crippen LogP contribution in [0.4, 0.5) is 22.0 Å². The molecule has 1 aliphatic rings. The monoisotopic (exact) mass is 398 g/mol. The van der Waals surface area contributed by atoms with E-state index in [-0.39, 0.29) is 17.2 Å². The van der Waals surface area contributed by atoms with Crippen molar-refractivity contribution in [3.8, 4) is 5.75 Å². The van der Waals surface area contributed by atoms with E-state index < -0.39 is 18.0 Å². The molecule has 0 fully saturated rings. The zero-order chi connectivity index (χ0) is 20.3. The third-order valence-corrected chi connectivity index (χ3v) is 5.28. The maximum absolute atomic E-state index is 14.3. The van der Waals surface area contributed by atoms with E-state index in [0.717, 1.165) is 24.0 Å². The van der Waals surface area contributed by atoms with Crippen molar-refractivity contribution in [2.24, 2.45) is 5.92 Å². The average Bonchev–Trinajstić information content (AvgIpc) is 2.60. The van der Waals surface area contributed by atoms with Gasteiger partial charge >= 0.3 is 6.36 Å². The molecule has 0 bridgehead atoms. The molecule has 0 aliphatic heterocycles. The summed E-state index contributed by atoms with van der Waals surface area (Å²) in [5.74, 6) is -0.945. The van der Waals surface area contributed by atoms with E-state index in [4.69, 9.17) is 0 Å². The second kappa shape index (κ2) is 8.50. The van der Waals surface area contributed by atoms with E-state index in [0.29, 0.717) is 37.7 Å². The minimum atomic E-state index is -4.70. The highest BCUT2D eigenvalue weighted by atomic mass is 19.4. The van der Waals surface area contributed by atoms with Crippen LogP contribution in [0.15, 0.2) is 30.3 Å². The van der Waals surface area contributed by atoms with Gasteiger partial charge in [0.05, 0.1) is 0 Å². The van der Waals surface area contributed by atoms with Crippen LogP contribution in [-0.4, -0.2) is 6.36 Å². The van der Waals surface area contributed by atoms with Gasteiger partial charge < -0.3 is 4.74 Å². The van der Waals surface area contributed by atoms with E-state index in [1.165, 1.54) is 24.3 Å². The van der Waals surface area contributed by atoms with Gasteiger partial charge in [0.2, 0.25) is 0 Å². The van der Waals surface area contributed by atoms with Crippen molar-refractivity contribution in [1.82, 2.24) is 0 Å². The number of aryl methyl sites for hydroxylation is 2. The van der Waals surface area contributed by atoms with Crippen LogP contribution in [0.3, 0.4) is 0 Å². The molecule has 3 rings (SSSR count). The summed E-state index contributed by atoms with van der Waals surface area (Å²) in [6, 6.07) is 7.25. The molecule has 0 aromatic heterocycles. The molecule has 0 heterocycles. The average molecular weight is 398 g/mol. The predicted molar refractivity (Wildman–Crippen MR) is 97.3 cm³/mol. The molecule has 152 valence electrons. The summed E-state index contributed by atoms with van der Waals surface area (Å²) in [4.78, 5) is 0. The van der Waals surface area contributed by atoms with Gasteiger partial charge in [0.15, 0.2) is 0 Å². The lowest BCUT2D eigenvalue weighted by atomic mass is 9.81. The van der Waals surface area contributed by atoms with Crippen LogP contribution in [0, 0.1) is 17.6 Å². The number of hydrogen-bond donors (Lipinski definition) is 0. The zero-order valence-corrected chi connectivity index (χ0v) is 15.7. The fourth-order valence-corrected chi connectivity index (χ4v) is 3.93. The first-order valence-electron chi connectivity index (χ1n) is 9.59. The number of halogens is 5. The highest BCUT2D eigenvalue weighted by molar-refractivity contribution is 5.37. The second-order valence-corrected chi connectivity index (χ2v) is 7.41. The lowest BCUT2D eigenvalue weighted by Crippen LogP contribution is -2.19. The number of alkyl halides is 3. The van der Waals surface area contributed by atoms with Gasteiger partial charge in [0, 0.05) is 5.56 Å². The summed E-state index contributed by atoms with van der Waals surface area (Å²) >= 11 is 0. The van der Waals surface area contributed by atoms with Crippen LogP contribution in [0.2, 0.25) is 0 Å². The van der Waals surface area contributed by atoms with Crippen molar-refractivity contribution < 1.29 is 26.7 Å². The molecule has 1 nitrogen and oxygen atoms in total. The molecule has 1 atom stereocenters. The van der Waals surface area contributed by atoms with Gasteiger partial charge in [-0.25, -0.2) is 8.78 Å². The van der Waals surface area contributed by atoms with Gasteiger partial charge in [-0.1, -0.05) is 19.4 Å². The maximum atomic E-state index is 14.3. The first-order valence-corrected chi connectivity index (χ1v) is 9.59. The highest BCUT2D eigenvalue weighted by Crippen LogP contribution is 2.33. The Balaban J connectivity index is 1.63. The Labute approximate surface area is 161 Å². The fraction of sp³-hybridized carbons (Fsp3) is 0.455. The first kappa shape index (κ1) is 20.6. The maximum Gasteiger partial charge on any atom is 0.573 e. The van der Waals surface area contributed by atoms with E-state index in [1.54, 1.807) is 6.07 Å². The molecule has 6 heteroatoms. The second-order valence-electron chi connectivity index (χ2n) is 7.41. The van der Waals surface area contributed by atoms with Crippen molar-refractivity contribution in [3.63, 3.8) is 0 Å². The van der Waals surface area contributed by atoms with E-state index >= 15 is 0 Å². The lowest BCUT2D eigenvalue weighted by Gasteiger charge is -2.25. The predicted octanol–water partition coefficient (Wildman–Crippen LogP) is 6.55. The molecule has 0 saturated carbocycles. The Morgan fingerprint density at radius 3 is 2.36 bits per heavy atom. The van der Waals surface area contributed by atoms with E-state index in [2.05, 4.69) is 4.74 Å². The Kier molecular flexibility index (Phi) is 6.26. The van der Waals surface area contributed by atoms with Gasteiger partial charge in [-0.05, 0) is 85.4 Å². The van der Waals surface area contributed by atoms with Crippen molar-refractivity contribution in [3.05, 3.63) is 64.2 Å². The molecule has 0 amide bonds. The van der Waals surface area contributed by atoms with Gasteiger partial charge in [-0.15, -0.1) is 13.2 Å². The molecular formula is C22H23F5O. The molecule has 0 spiro atoms. The van der Waals surface area contributed by atoms with Crippen LogP contribution in [0.1, 0.15) is 48.4 Å². The highest BCUT2D eigenvalue weighted by Gasteiger charge is 2.31. The molecule has 2 aromatic rings.